The van der Waals surface area contributed by atoms with Crippen LogP contribution in [-0.2, 0) is 5.88 Å². The van der Waals surface area contributed by atoms with Gasteiger partial charge in [0.1, 0.15) is 5.65 Å². The Bertz CT molecular complexity index is 526. The molecule has 0 aliphatic heterocycles. The van der Waals surface area contributed by atoms with E-state index in [1.807, 2.05) is 36.2 Å². The molecule has 98 valence electrons. The minimum atomic E-state index is 0.437. The minimum absolute atomic E-state index is 0.437. The highest BCUT2D eigenvalue weighted by Gasteiger charge is 2.18. The first-order valence-corrected chi connectivity index (χ1v) is 7.85. The summed E-state index contributed by atoms with van der Waals surface area (Å²) in [6.45, 7) is 2.21. The molecule has 5 heteroatoms. The molecule has 2 aromatic rings. The fraction of sp³-hybridized carbons (Fsp3) is 0.462. The van der Waals surface area contributed by atoms with Crippen molar-refractivity contribution in [1.82, 2.24) is 9.38 Å². The molecule has 0 aliphatic carbocycles. The number of halogens is 1. The van der Waals surface area contributed by atoms with Crippen molar-refractivity contribution < 1.29 is 0 Å². The number of alkyl halides is 1. The summed E-state index contributed by atoms with van der Waals surface area (Å²) in [5, 5.41) is 0. The molecule has 1 unspecified atom stereocenters. The second-order valence-corrected chi connectivity index (χ2v) is 5.54. The Balaban J connectivity index is 2.43. The highest BCUT2D eigenvalue weighted by atomic mass is 35.5. The van der Waals surface area contributed by atoms with Gasteiger partial charge in [0.2, 0.25) is 0 Å². The monoisotopic (exact) mass is 283 g/mol. The Kier molecular flexibility index (Phi) is 4.40. The standard InChI is InChI=1S/C13H18ClN3S/c1-10(9-18-3)16(2)13-11(8-14)17-7-5-4-6-12(17)15-13/h4-7,10H,8-9H2,1-3H3. The van der Waals surface area contributed by atoms with Crippen molar-refractivity contribution in [2.75, 3.05) is 24.0 Å². The molecule has 0 saturated carbocycles. The van der Waals surface area contributed by atoms with E-state index in [9.17, 15) is 0 Å². The first-order valence-electron chi connectivity index (χ1n) is 5.92. The van der Waals surface area contributed by atoms with Crippen LogP contribution in [0.3, 0.4) is 0 Å². The van der Waals surface area contributed by atoms with Gasteiger partial charge in [0.05, 0.1) is 11.6 Å². The minimum Gasteiger partial charge on any atom is -0.355 e. The van der Waals surface area contributed by atoms with Crippen LogP contribution < -0.4 is 4.90 Å². The SMILES string of the molecule is CSCC(C)N(C)c1nc2ccccn2c1CCl. The summed E-state index contributed by atoms with van der Waals surface area (Å²) in [5.41, 5.74) is 2.01. The summed E-state index contributed by atoms with van der Waals surface area (Å²) >= 11 is 7.93. The summed E-state index contributed by atoms with van der Waals surface area (Å²) in [6, 6.07) is 6.44. The van der Waals surface area contributed by atoms with Crippen LogP contribution in [0.2, 0.25) is 0 Å². The molecule has 0 fully saturated rings. The second kappa shape index (κ2) is 5.85. The van der Waals surface area contributed by atoms with Crippen molar-refractivity contribution in [3.63, 3.8) is 0 Å². The van der Waals surface area contributed by atoms with Gasteiger partial charge in [-0.3, -0.25) is 0 Å². The molecule has 0 radical (unpaired) electrons. The van der Waals surface area contributed by atoms with E-state index in [1.54, 1.807) is 0 Å². The third-order valence-corrected chi connectivity index (χ3v) is 4.21. The Morgan fingerprint density at radius 2 is 2.28 bits per heavy atom. The van der Waals surface area contributed by atoms with E-state index >= 15 is 0 Å². The quantitative estimate of drug-likeness (QED) is 0.786. The summed E-state index contributed by atoms with van der Waals surface area (Å²) in [4.78, 5) is 6.89. The van der Waals surface area contributed by atoms with E-state index in [0.29, 0.717) is 11.9 Å². The number of rotatable bonds is 5. The van der Waals surface area contributed by atoms with Crippen molar-refractivity contribution in [2.24, 2.45) is 0 Å². The summed E-state index contributed by atoms with van der Waals surface area (Å²) < 4.78 is 2.06. The van der Waals surface area contributed by atoms with Gasteiger partial charge < -0.3 is 9.30 Å². The van der Waals surface area contributed by atoms with Crippen LogP contribution in [-0.4, -0.2) is 34.5 Å². The fourth-order valence-corrected chi connectivity index (χ4v) is 2.96. The van der Waals surface area contributed by atoms with Crippen LogP contribution >= 0.6 is 23.4 Å². The number of nitrogens with zero attached hydrogens (tertiary/aromatic N) is 3. The van der Waals surface area contributed by atoms with Gasteiger partial charge in [-0.15, -0.1) is 11.6 Å². The van der Waals surface area contributed by atoms with Gasteiger partial charge in [0.15, 0.2) is 5.82 Å². The lowest BCUT2D eigenvalue weighted by atomic mass is 10.3. The molecule has 0 aromatic carbocycles. The van der Waals surface area contributed by atoms with E-state index in [-0.39, 0.29) is 0 Å². The molecule has 0 N–H and O–H groups in total. The zero-order valence-corrected chi connectivity index (χ0v) is 12.5. The lowest BCUT2D eigenvalue weighted by molar-refractivity contribution is 0.752. The molecule has 18 heavy (non-hydrogen) atoms. The molecule has 1 atom stereocenters. The molecular formula is C13H18ClN3S. The maximum atomic E-state index is 6.09. The topological polar surface area (TPSA) is 20.5 Å². The average Bonchev–Trinajstić information content (AvgIpc) is 2.76. The molecule has 2 heterocycles. The van der Waals surface area contributed by atoms with Gasteiger partial charge >= 0.3 is 0 Å². The third kappa shape index (κ3) is 2.45. The Morgan fingerprint density at radius 1 is 1.50 bits per heavy atom. The zero-order chi connectivity index (χ0) is 13.1. The van der Waals surface area contributed by atoms with Crippen LogP contribution in [0, 0.1) is 0 Å². The summed E-state index contributed by atoms with van der Waals surface area (Å²) in [6.07, 6.45) is 4.13. The number of imidazole rings is 1. The Morgan fingerprint density at radius 3 is 2.94 bits per heavy atom. The summed E-state index contributed by atoms with van der Waals surface area (Å²) in [5.74, 6) is 2.53. The number of aromatic nitrogens is 2. The van der Waals surface area contributed by atoms with Crippen LogP contribution in [0.25, 0.3) is 5.65 Å². The van der Waals surface area contributed by atoms with E-state index in [0.717, 1.165) is 22.9 Å². The largest absolute Gasteiger partial charge is 0.355 e. The van der Waals surface area contributed by atoms with Gasteiger partial charge in [0, 0.05) is 25.0 Å². The highest BCUT2D eigenvalue weighted by Crippen LogP contribution is 2.24. The predicted molar refractivity (Wildman–Crippen MR) is 81.0 cm³/mol. The maximum absolute atomic E-state index is 6.09. The zero-order valence-electron chi connectivity index (χ0n) is 10.9. The van der Waals surface area contributed by atoms with Gasteiger partial charge in [-0.1, -0.05) is 6.07 Å². The summed E-state index contributed by atoms with van der Waals surface area (Å²) in [7, 11) is 2.08. The number of fused-ring (bicyclic) bond motifs is 1. The second-order valence-electron chi connectivity index (χ2n) is 4.36. The van der Waals surface area contributed by atoms with Gasteiger partial charge in [-0.25, -0.2) is 4.98 Å². The molecule has 2 rings (SSSR count). The van der Waals surface area contributed by atoms with Crippen molar-refractivity contribution in [2.45, 2.75) is 18.8 Å². The average molecular weight is 284 g/mol. The van der Waals surface area contributed by atoms with Crippen LogP contribution in [0.15, 0.2) is 24.4 Å². The maximum Gasteiger partial charge on any atom is 0.152 e. The number of pyridine rings is 1. The third-order valence-electron chi connectivity index (χ3n) is 3.14. The van der Waals surface area contributed by atoms with Crippen LogP contribution in [0.5, 0.6) is 0 Å². The van der Waals surface area contributed by atoms with E-state index in [1.165, 1.54) is 0 Å². The molecule has 3 nitrogen and oxygen atoms in total. The van der Waals surface area contributed by atoms with Crippen molar-refractivity contribution in [3.05, 3.63) is 30.1 Å². The predicted octanol–water partition coefficient (Wildman–Crippen LogP) is 3.26. The number of anilines is 1. The molecule has 0 saturated heterocycles. The Labute approximate surface area is 117 Å². The molecule has 0 amide bonds. The van der Waals surface area contributed by atoms with Gasteiger partial charge in [-0.05, 0) is 25.3 Å². The number of hydrogen-bond donors (Lipinski definition) is 0. The van der Waals surface area contributed by atoms with Crippen LogP contribution in [0.4, 0.5) is 5.82 Å². The number of hydrogen-bond acceptors (Lipinski definition) is 3. The van der Waals surface area contributed by atoms with Crippen molar-refractivity contribution >= 4 is 34.8 Å². The lowest BCUT2D eigenvalue weighted by Gasteiger charge is -2.25. The lowest BCUT2D eigenvalue weighted by Crippen LogP contribution is -2.31. The smallest absolute Gasteiger partial charge is 0.152 e. The van der Waals surface area contributed by atoms with Crippen molar-refractivity contribution in [3.8, 4) is 0 Å². The molecule has 2 aromatic heterocycles. The van der Waals surface area contributed by atoms with Crippen LogP contribution in [0.1, 0.15) is 12.6 Å². The van der Waals surface area contributed by atoms with Gasteiger partial charge in [0.25, 0.3) is 0 Å². The molecule has 0 spiro atoms. The fourth-order valence-electron chi connectivity index (χ4n) is 2.00. The number of thioether (sulfide) groups is 1. The van der Waals surface area contributed by atoms with Crippen molar-refractivity contribution in [1.29, 1.82) is 0 Å². The first-order chi connectivity index (χ1) is 8.69. The molecule has 0 aliphatic rings. The van der Waals surface area contributed by atoms with E-state index in [2.05, 4.69) is 34.5 Å². The Hall–Kier alpha value is -0.870. The van der Waals surface area contributed by atoms with Gasteiger partial charge in [-0.2, -0.15) is 11.8 Å². The normalized spacial score (nSPS) is 12.9. The van der Waals surface area contributed by atoms with E-state index < -0.39 is 0 Å². The first kappa shape index (κ1) is 13.6. The van der Waals surface area contributed by atoms with E-state index in [4.69, 9.17) is 11.6 Å². The molecular weight excluding hydrogens is 266 g/mol. The highest BCUT2D eigenvalue weighted by molar-refractivity contribution is 7.98. The molecule has 0 bridgehead atoms.